The van der Waals surface area contributed by atoms with E-state index in [2.05, 4.69) is 5.32 Å². The highest BCUT2D eigenvalue weighted by Gasteiger charge is 1.65. The number of halogens is 1. The Kier molecular flexibility index (Phi) is 4.84. The smallest absolute Gasteiger partial charge is 0.0555 e. The van der Waals surface area contributed by atoms with E-state index in [1.807, 2.05) is 0 Å². The van der Waals surface area contributed by atoms with Gasteiger partial charge in [-0.05, 0) is 6.98 Å². The van der Waals surface area contributed by atoms with Gasteiger partial charge in [-0.25, -0.2) is 0 Å². The fourth-order valence-corrected chi connectivity index (χ4v) is 0.0559. The molecule has 2 N–H and O–H groups in total. The lowest BCUT2D eigenvalue weighted by molar-refractivity contribution is 0.296. The topological polar surface area (TPSA) is 32.3 Å². The molecule has 0 atom stereocenters. The molecule has 6 heavy (non-hydrogen) atoms. The molecule has 0 aromatic rings. The zero-order valence-corrected chi connectivity index (χ0v) is 4.09. The van der Waals surface area contributed by atoms with Crippen LogP contribution in [0, 0.1) is 0 Å². The Bertz CT molecular complexity index is 66.6. The SMILES string of the molecule is Cl.[2H]C([2H])([2H])NCCO. The fourth-order valence-electron chi connectivity index (χ4n) is 0.0559. The Morgan fingerprint density at radius 3 is 2.83 bits per heavy atom. The molecule has 0 spiro atoms. The Hall–Kier alpha value is 0.210. The second-order valence-electron chi connectivity index (χ2n) is 0.650. The van der Waals surface area contributed by atoms with E-state index in [4.69, 9.17) is 9.22 Å². The highest BCUT2D eigenvalue weighted by molar-refractivity contribution is 5.85. The molecule has 0 aromatic carbocycles. The monoisotopic (exact) mass is 114 g/mol. The summed E-state index contributed by atoms with van der Waals surface area (Å²) in [6, 6.07) is 0. The predicted octanol–water partition coefficient (Wildman–Crippen LogP) is -0.380. The molecule has 40 valence electrons. The van der Waals surface area contributed by atoms with Crippen LogP contribution in [0.2, 0.25) is 0 Å². The molecule has 0 rings (SSSR count). The second-order valence-corrected chi connectivity index (χ2v) is 0.650. The van der Waals surface area contributed by atoms with Gasteiger partial charge in [-0.1, -0.05) is 0 Å². The van der Waals surface area contributed by atoms with Gasteiger partial charge in [-0.15, -0.1) is 12.4 Å². The van der Waals surface area contributed by atoms with Crippen LogP contribution in [0.3, 0.4) is 0 Å². The molecule has 0 aromatic heterocycles. The second kappa shape index (κ2) is 8.96. The van der Waals surface area contributed by atoms with Crippen molar-refractivity contribution in [2.45, 2.75) is 0 Å². The average Bonchev–Trinajstić information content (AvgIpc) is 1.59. The number of hydrogen-bond donors (Lipinski definition) is 2. The molecular formula is C3H10ClNO. The summed E-state index contributed by atoms with van der Waals surface area (Å²) >= 11 is 0. The van der Waals surface area contributed by atoms with Gasteiger partial charge in [0, 0.05) is 10.7 Å². The van der Waals surface area contributed by atoms with Crippen LogP contribution in [0.4, 0.5) is 0 Å². The van der Waals surface area contributed by atoms with E-state index in [9.17, 15) is 0 Å². The van der Waals surface area contributed by atoms with Crippen molar-refractivity contribution >= 4 is 12.4 Å². The molecule has 0 fully saturated rings. The molecule has 0 amide bonds. The van der Waals surface area contributed by atoms with E-state index in [0.29, 0.717) is 0 Å². The maximum atomic E-state index is 8.12. The first-order valence-corrected chi connectivity index (χ1v) is 1.42. The molecular weight excluding hydrogens is 101 g/mol. The van der Waals surface area contributed by atoms with Crippen molar-refractivity contribution < 1.29 is 9.22 Å². The van der Waals surface area contributed by atoms with Crippen LogP contribution in [0.1, 0.15) is 4.11 Å². The van der Waals surface area contributed by atoms with Crippen LogP contribution in [0.5, 0.6) is 0 Å². The highest BCUT2D eigenvalue weighted by Crippen LogP contribution is 1.42. The normalized spacial score (nSPS) is 16.5. The number of aliphatic hydroxyl groups is 1. The van der Waals surface area contributed by atoms with Crippen LogP contribution in [0.25, 0.3) is 0 Å². The van der Waals surface area contributed by atoms with Crippen molar-refractivity contribution in [1.82, 2.24) is 5.32 Å². The Morgan fingerprint density at radius 1 is 2.00 bits per heavy atom. The first-order valence-electron chi connectivity index (χ1n) is 2.92. The Balaban J connectivity index is 0. The van der Waals surface area contributed by atoms with Crippen LogP contribution < -0.4 is 5.32 Å². The average molecular weight is 115 g/mol. The van der Waals surface area contributed by atoms with Crippen molar-refractivity contribution in [2.75, 3.05) is 20.1 Å². The van der Waals surface area contributed by atoms with Crippen LogP contribution >= 0.6 is 12.4 Å². The number of aliphatic hydroxyl groups excluding tert-OH is 1. The van der Waals surface area contributed by atoms with Crippen LogP contribution in [-0.4, -0.2) is 25.2 Å². The number of nitrogens with one attached hydrogen (secondary N) is 1. The van der Waals surface area contributed by atoms with Crippen LogP contribution in [-0.2, 0) is 0 Å². The lowest BCUT2D eigenvalue weighted by atomic mass is 10.7. The summed E-state index contributed by atoms with van der Waals surface area (Å²) in [5.74, 6) is 0. The van der Waals surface area contributed by atoms with Gasteiger partial charge >= 0.3 is 0 Å². The van der Waals surface area contributed by atoms with Crippen LogP contribution in [0.15, 0.2) is 0 Å². The van der Waals surface area contributed by atoms with Crippen molar-refractivity contribution in [3.8, 4) is 0 Å². The molecule has 0 radical (unpaired) electrons. The first-order chi connectivity index (χ1) is 3.56. The minimum absolute atomic E-state index is 0. The Morgan fingerprint density at radius 2 is 2.67 bits per heavy atom. The van der Waals surface area contributed by atoms with E-state index in [1.54, 1.807) is 0 Å². The molecule has 0 aliphatic heterocycles. The van der Waals surface area contributed by atoms with E-state index in [0.717, 1.165) is 0 Å². The number of rotatable bonds is 2. The molecule has 0 aliphatic carbocycles. The summed E-state index contributed by atoms with van der Waals surface area (Å²) < 4.78 is 19.6. The highest BCUT2D eigenvalue weighted by atomic mass is 35.5. The Labute approximate surface area is 48.2 Å². The lowest BCUT2D eigenvalue weighted by Crippen LogP contribution is -2.10. The fraction of sp³-hybridized carbons (Fsp3) is 1.00. The maximum absolute atomic E-state index is 8.12. The van der Waals surface area contributed by atoms with E-state index in [1.165, 1.54) is 0 Å². The summed E-state index contributed by atoms with van der Waals surface area (Å²) in [6.07, 6.45) is 0. The summed E-state index contributed by atoms with van der Waals surface area (Å²) in [4.78, 5) is 0. The predicted molar refractivity (Wildman–Crippen MR) is 28.3 cm³/mol. The van der Waals surface area contributed by atoms with Crippen molar-refractivity contribution in [3.05, 3.63) is 0 Å². The summed E-state index contributed by atoms with van der Waals surface area (Å²) in [5.41, 5.74) is 0. The number of likely N-dealkylation sites (N-methyl/N-ethyl adjacent to an activating group) is 1. The van der Waals surface area contributed by atoms with Gasteiger partial charge in [-0.2, -0.15) is 0 Å². The molecule has 0 unspecified atom stereocenters. The molecule has 0 saturated heterocycles. The minimum atomic E-state index is -2.11. The third kappa shape index (κ3) is 8.88. The summed E-state index contributed by atoms with van der Waals surface area (Å²) in [5, 5.41) is 10.2. The van der Waals surface area contributed by atoms with Gasteiger partial charge in [-0.3, -0.25) is 0 Å². The summed E-state index contributed by atoms with van der Waals surface area (Å²) in [7, 11) is 0. The molecule has 3 heteroatoms. The van der Waals surface area contributed by atoms with Gasteiger partial charge in [0.2, 0.25) is 0 Å². The molecule has 0 aliphatic rings. The standard InChI is InChI=1S/C3H9NO.ClH/c1-4-2-3-5;/h4-5H,2-3H2,1H3;1H/i1D3;. The van der Waals surface area contributed by atoms with E-state index in [-0.39, 0.29) is 25.6 Å². The largest absolute Gasteiger partial charge is 0.395 e. The lowest BCUT2D eigenvalue weighted by Gasteiger charge is -1.84. The van der Waals surface area contributed by atoms with Gasteiger partial charge in [0.25, 0.3) is 0 Å². The molecule has 2 nitrogen and oxygen atoms in total. The van der Waals surface area contributed by atoms with Crippen molar-refractivity contribution in [3.63, 3.8) is 0 Å². The molecule has 0 bridgehead atoms. The third-order valence-corrected chi connectivity index (χ3v) is 0.237. The van der Waals surface area contributed by atoms with Crippen molar-refractivity contribution in [2.24, 2.45) is 0 Å². The van der Waals surface area contributed by atoms with Gasteiger partial charge in [0.1, 0.15) is 0 Å². The maximum Gasteiger partial charge on any atom is 0.0555 e. The number of hydrogen-bond acceptors (Lipinski definition) is 2. The zero-order chi connectivity index (χ0) is 6.62. The first kappa shape index (κ1) is 3.24. The van der Waals surface area contributed by atoms with E-state index < -0.39 is 6.98 Å². The summed E-state index contributed by atoms with van der Waals surface area (Å²) in [6.45, 7) is -2.13. The molecule has 0 saturated carbocycles. The quantitative estimate of drug-likeness (QED) is 0.513. The molecule has 0 heterocycles. The third-order valence-electron chi connectivity index (χ3n) is 0.237. The minimum Gasteiger partial charge on any atom is -0.395 e. The van der Waals surface area contributed by atoms with Gasteiger partial charge in [0.05, 0.1) is 6.61 Å². The van der Waals surface area contributed by atoms with Gasteiger partial charge in [0.15, 0.2) is 0 Å². The van der Waals surface area contributed by atoms with Crippen molar-refractivity contribution in [1.29, 1.82) is 0 Å². The zero-order valence-electron chi connectivity index (χ0n) is 6.27. The van der Waals surface area contributed by atoms with Gasteiger partial charge < -0.3 is 10.4 Å². The van der Waals surface area contributed by atoms with E-state index >= 15 is 0 Å².